The van der Waals surface area contributed by atoms with Crippen LogP contribution in [0.25, 0.3) is 0 Å². The molecule has 1 aromatic rings. The van der Waals surface area contributed by atoms with Gasteiger partial charge in [0.15, 0.2) is 0 Å². The van der Waals surface area contributed by atoms with Gasteiger partial charge in [-0.1, -0.05) is 12.1 Å². The number of methoxy groups -OCH3 is 1. The van der Waals surface area contributed by atoms with E-state index in [4.69, 9.17) is 5.11 Å². The molecule has 2 rings (SSSR count). The van der Waals surface area contributed by atoms with Gasteiger partial charge in [-0.3, -0.25) is 10.4 Å². The Balaban J connectivity index is 2.13. The Hall–Kier alpha value is -2.76. The van der Waals surface area contributed by atoms with Gasteiger partial charge in [0, 0.05) is 6.20 Å². The highest BCUT2D eigenvalue weighted by molar-refractivity contribution is 5.91. The molecule has 0 amide bonds. The van der Waals surface area contributed by atoms with Crippen LogP contribution in [0.5, 0.6) is 0 Å². The largest absolute Gasteiger partial charge is 0.478 e. The first-order chi connectivity index (χ1) is 9.60. The summed E-state index contributed by atoms with van der Waals surface area (Å²) in [5.41, 5.74) is 4.30. The van der Waals surface area contributed by atoms with Crippen molar-refractivity contribution in [3.05, 3.63) is 53.8 Å². The van der Waals surface area contributed by atoms with Crippen LogP contribution in [0.3, 0.4) is 0 Å². The summed E-state index contributed by atoms with van der Waals surface area (Å²) >= 11 is 0. The number of nitrogens with one attached hydrogen (secondary N) is 1. The number of carboxylic acid groups (broad SMARTS) is 1. The van der Waals surface area contributed by atoms with E-state index >= 15 is 0 Å². The fourth-order valence-electron chi connectivity index (χ4n) is 1.76. The summed E-state index contributed by atoms with van der Waals surface area (Å²) in [6.07, 6.45) is 4.78. The molecular weight excluding hydrogens is 260 g/mol. The molecule has 0 atom stereocenters. The van der Waals surface area contributed by atoms with Crippen LogP contribution < -0.4 is 5.43 Å². The molecule has 0 saturated heterocycles. The van der Waals surface area contributed by atoms with Gasteiger partial charge in [0.25, 0.3) is 0 Å². The molecule has 0 aromatic heterocycles. The third-order valence-corrected chi connectivity index (χ3v) is 2.70. The second-order valence-electron chi connectivity index (χ2n) is 4.13. The molecule has 6 nitrogen and oxygen atoms in total. The van der Waals surface area contributed by atoms with E-state index in [1.54, 1.807) is 41.4 Å². The minimum absolute atomic E-state index is 0.188. The Bertz CT molecular complexity index is 593. The van der Waals surface area contributed by atoms with Gasteiger partial charge in [0.2, 0.25) is 0 Å². The van der Waals surface area contributed by atoms with E-state index in [2.05, 4.69) is 10.2 Å². The fraction of sp³-hybridized carbons (Fsp3) is 0.143. The molecule has 0 saturated carbocycles. The van der Waals surface area contributed by atoms with E-state index < -0.39 is 11.9 Å². The summed E-state index contributed by atoms with van der Waals surface area (Å²) in [7, 11) is 1.32. The van der Waals surface area contributed by atoms with Crippen molar-refractivity contribution in [1.29, 1.82) is 0 Å². The molecule has 0 fully saturated rings. The van der Waals surface area contributed by atoms with E-state index in [-0.39, 0.29) is 5.57 Å². The molecule has 0 radical (unpaired) electrons. The molecule has 1 aliphatic rings. The number of hydrogen-bond acceptors (Lipinski definition) is 5. The smallest absolute Gasteiger partial charge is 0.337 e. The Morgan fingerprint density at radius 1 is 1.40 bits per heavy atom. The van der Waals surface area contributed by atoms with Crippen LogP contribution in [0.2, 0.25) is 0 Å². The molecule has 0 unspecified atom stereocenters. The zero-order valence-electron chi connectivity index (χ0n) is 10.9. The van der Waals surface area contributed by atoms with Crippen molar-refractivity contribution in [2.75, 3.05) is 19.1 Å². The number of nitrogens with zero attached hydrogens (tertiary/aromatic N) is 1. The van der Waals surface area contributed by atoms with Crippen molar-refractivity contribution >= 4 is 17.6 Å². The molecule has 1 aliphatic heterocycles. The van der Waals surface area contributed by atoms with Gasteiger partial charge in [-0.05, 0) is 24.3 Å². The van der Waals surface area contributed by atoms with Gasteiger partial charge >= 0.3 is 11.9 Å². The van der Waals surface area contributed by atoms with E-state index in [1.165, 1.54) is 13.3 Å². The SMILES string of the molecule is COC(=O)c1cccc(NN2C=C(C(=O)O)C=CC2)c1. The van der Waals surface area contributed by atoms with E-state index in [0.717, 1.165) is 0 Å². The maximum atomic E-state index is 11.4. The first-order valence-electron chi connectivity index (χ1n) is 5.93. The van der Waals surface area contributed by atoms with Gasteiger partial charge in [-0.15, -0.1) is 0 Å². The molecular formula is C14H14N2O4. The standard InChI is InChI=1S/C14H14N2O4/c1-20-14(19)10-4-2-6-12(8-10)15-16-7-3-5-11(9-16)13(17)18/h2-6,8-9,15H,7H2,1H3,(H,17,18). The third kappa shape index (κ3) is 3.17. The van der Waals surface area contributed by atoms with Crippen molar-refractivity contribution in [2.24, 2.45) is 0 Å². The molecule has 20 heavy (non-hydrogen) atoms. The number of rotatable bonds is 4. The number of esters is 1. The molecule has 1 heterocycles. The predicted octanol–water partition coefficient (Wildman–Crippen LogP) is 1.64. The number of carboxylic acids is 1. The molecule has 0 spiro atoms. The normalized spacial score (nSPS) is 13.7. The number of carbonyl (C=O) groups is 2. The van der Waals surface area contributed by atoms with Crippen LogP contribution in [0, 0.1) is 0 Å². The summed E-state index contributed by atoms with van der Waals surface area (Å²) in [6.45, 7) is 0.527. The van der Waals surface area contributed by atoms with Crippen molar-refractivity contribution in [3.63, 3.8) is 0 Å². The van der Waals surface area contributed by atoms with Crippen LogP contribution in [0.4, 0.5) is 5.69 Å². The average molecular weight is 274 g/mol. The highest BCUT2D eigenvalue weighted by Crippen LogP contribution is 2.15. The monoisotopic (exact) mass is 274 g/mol. The second kappa shape index (κ2) is 5.92. The Labute approximate surface area is 115 Å². The van der Waals surface area contributed by atoms with Crippen molar-refractivity contribution < 1.29 is 19.4 Å². The van der Waals surface area contributed by atoms with Gasteiger partial charge < -0.3 is 9.84 Å². The maximum absolute atomic E-state index is 11.4. The lowest BCUT2D eigenvalue weighted by molar-refractivity contribution is -0.132. The lowest BCUT2D eigenvalue weighted by Crippen LogP contribution is -2.27. The number of hydrogen-bond donors (Lipinski definition) is 2. The zero-order chi connectivity index (χ0) is 14.5. The molecule has 2 N–H and O–H groups in total. The van der Waals surface area contributed by atoms with E-state index in [1.807, 2.05) is 0 Å². The van der Waals surface area contributed by atoms with Crippen LogP contribution in [-0.2, 0) is 9.53 Å². The van der Waals surface area contributed by atoms with Crippen LogP contribution >= 0.6 is 0 Å². The van der Waals surface area contributed by atoms with Crippen molar-refractivity contribution in [2.45, 2.75) is 0 Å². The van der Waals surface area contributed by atoms with E-state index in [9.17, 15) is 9.59 Å². The number of carbonyl (C=O) groups excluding carboxylic acids is 1. The Morgan fingerprint density at radius 3 is 2.90 bits per heavy atom. The second-order valence-corrected chi connectivity index (χ2v) is 4.13. The Kier molecular flexibility index (Phi) is 4.05. The highest BCUT2D eigenvalue weighted by atomic mass is 16.5. The van der Waals surface area contributed by atoms with Crippen LogP contribution in [0.1, 0.15) is 10.4 Å². The number of ether oxygens (including phenoxy) is 1. The summed E-state index contributed by atoms with van der Waals surface area (Å²) < 4.78 is 4.65. The number of benzene rings is 1. The topological polar surface area (TPSA) is 78.9 Å². The van der Waals surface area contributed by atoms with Gasteiger partial charge in [-0.2, -0.15) is 0 Å². The summed E-state index contributed by atoms with van der Waals surface area (Å²) in [5, 5.41) is 10.6. The van der Waals surface area contributed by atoms with Crippen LogP contribution in [0.15, 0.2) is 48.2 Å². The highest BCUT2D eigenvalue weighted by Gasteiger charge is 2.11. The lowest BCUT2D eigenvalue weighted by Gasteiger charge is -2.24. The summed E-state index contributed by atoms with van der Waals surface area (Å²) in [5.74, 6) is -1.41. The maximum Gasteiger partial charge on any atom is 0.337 e. The van der Waals surface area contributed by atoms with E-state index in [0.29, 0.717) is 17.8 Å². The van der Waals surface area contributed by atoms with Gasteiger partial charge in [-0.25, -0.2) is 9.59 Å². The molecule has 104 valence electrons. The van der Waals surface area contributed by atoms with Gasteiger partial charge in [0.05, 0.1) is 30.5 Å². The summed E-state index contributed by atoms with van der Waals surface area (Å²) in [4.78, 5) is 22.3. The molecule has 1 aromatic carbocycles. The first kappa shape index (κ1) is 13.7. The fourth-order valence-corrected chi connectivity index (χ4v) is 1.76. The zero-order valence-corrected chi connectivity index (χ0v) is 10.9. The predicted molar refractivity (Wildman–Crippen MR) is 73.0 cm³/mol. The van der Waals surface area contributed by atoms with Gasteiger partial charge in [0.1, 0.15) is 0 Å². The molecule has 0 bridgehead atoms. The minimum atomic E-state index is -0.990. The third-order valence-electron chi connectivity index (χ3n) is 2.70. The van der Waals surface area contributed by atoms with Crippen molar-refractivity contribution in [3.8, 4) is 0 Å². The minimum Gasteiger partial charge on any atom is -0.478 e. The average Bonchev–Trinajstić information content (AvgIpc) is 2.47. The summed E-state index contributed by atoms with van der Waals surface area (Å²) in [6, 6.07) is 6.78. The number of anilines is 1. The Morgan fingerprint density at radius 2 is 2.20 bits per heavy atom. The first-order valence-corrected chi connectivity index (χ1v) is 5.93. The molecule has 6 heteroatoms. The quantitative estimate of drug-likeness (QED) is 0.813. The lowest BCUT2D eigenvalue weighted by atomic mass is 10.2. The number of aliphatic carboxylic acids is 1. The van der Waals surface area contributed by atoms with Crippen LogP contribution in [-0.4, -0.2) is 35.7 Å². The van der Waals surface area contributed by atoms with Crippen molar-refractivity contribution in [1.82, 2.24) is 5.01 Å². The molecule has 0 aliphatic carbocycles. The number of hydrazine groups is 1.